The molecule has 8 heteroatoms. The minimum atomic E-state index is -3.46. The van der Waals surface area contributed by atoms with Crippen LogP contribution in [-0.4, -0.2) is 45.5 Å². The van der Waals surface area contributed by atoms with Gasteiger partial charge in [0, 0.05) is 36.5 Å². The molecule has 0 unspecified atom stereocenters. The lowest BCUT2D eigenvalue weighted by Gasteiger charge is -2.32. The summed E-state index contributed by atoms with van der Waals surface area (Å²) in [5, 5.41) is 1.51. The highest BCUT2D eigenvalue weighted by Crippen LogP contribution is 2.34. The molecular weight excluding hydrogens is 436 g/mol. The summed E-state index contributed by atoms with van der Waals surface area (Å²) in [6.45, 7) is 4.35. The second-order valence-electron chi connectivity index (χ2n) is 7.49. The number of hydrogen-bond donors (Lipinski definition) is 1. The van der Waals surface area contributed by atoms with Crippen molar-refractivity contribution >= 4 is 27.5 Å². The Balaban J connectivity index is 1.63. The van der Waals surface area contributed by atoms with Crippen LogP contribution in [-0.2, 0) is 21.2 Å². The van der Waals surface area contributed by atoms with Crippen molar-refractivity contribution in [3.8, 4) is 16.9 Å². The number of piperidine rings is 1. The summed E-state index contributed by atoms with van der Waals surface area (Å²) in [5.41, 5.74) is 2.83. The molecule has 0 aromatic heterocycles. The average Bonchev–Trinajstić information content (AvgIpc) is 2.78. The Morgan fingerprint density at radius 1 is 1.26 bits per heavy atom. The molecule has 0 bridgehead atoms. The molecular formula is C23H27ClN2O4S. The standard InChI is InChI=1S/C23H27ClN2O4S/c1-3-31(28,29)25-19-11-13-26(14-12-19)23(27)10-9-18-15-20(17-7-5-4-6-8-17)21(24)16-22(18)30-2/h3-8,15-16,19,25H,1,9-14H2,2H3. The van der Waals surface area contributed by atoms with E-state index in [0.29, 0.717) is 49.5 Å². The quantitative estimate of drug-likeness (QED) is 0.643. The molecule has 0 radical (unpaired) electrons. The number of carbonyl (C=O) groups excluding carboxylic acids is 1. The first-order valence-corrected chi connectivity index (χ1v) is 12.1. The number of halogens is 1. The highest BCUT2D eigenvalue weighted by molar-refractivity contribution is 7.92. The number of nitrogens with zero attached hydrogens (tertiary/aromatic N) is 1. The number of benzene rings is 2. The maximum atomic E-state index is 12.7. The van der Waals surface area contributed by atoms with Crippen molar-refractivity contribution in [3.63, 3.8) is 0 Å². The van der Waals surface area contributed by atoms with Gasteiger partial charge in [-0.15, -0.1) is 0 Å². The third kappa shape index (κ3) is 6.09. The lowest BCUT2D eigenvalue weighted by atomic mass is 9.99. The smallest absolute Gasteiger partial charge is 0.233 e. The number of carbonyl (C=O) groups is 1. The number of amides is 1. The fourth-order valence-corrected chi connectivity index (χ4v) is 4.81. The summed E-state index contributed by atoms with van der Waals surface area (Å²) in [6.07, 6.45) is 2.04. The normalized spacial score (nSPS) is 15.0. The van der Waals surface area contributed by atoms with E-state index in [2.05, 4.69) is 11.3 Å². The fourth-order valence-electron chi connectivity index (χ4n) is 3.75. The predicted octanol–water partition coefficient (Wildman–Crippen LogP) is 4.00. The van der Waals surface area contributed by atoms with Crippen molar-refractivity contribution in [2.24, 2.45) is 0 Å². The van der Waals surface area contributed by atoms with Gasteiger partial charge in [-0.25, -0.2) is 13.1 Å². The molecule has 2 aromatic rings. The average molecular weight is 463 g/mol. The van der Waals surface area contributed by atoms with Crippen molar-refractivity contribution < 1.29 is 17.9 Å². The molecule has 1 amide bonds. The monoisotopic (exact) mass is 462 g/mol. The first-order chi connectivity index (χ1) is 14.8. The zero-order valence-electron chi connectivity index (χ0n) is 17.5. The minimum Gasteiger partial charge on any atom is -0.496 e. The van der Waals surface area contributed by atoms with E-state index < -0.39 is 10.0 Å². The maximum Gasteiger partial charge on any atom is 0.233 e. The summed E-state index contributed by atoms with van der Waals surface area (Å²) in [7, 11) is -1.86. The maximum absolute atomic E-state index is 12.7. The molecule has 2 aromatic carbocycles. The van der Waals surface area contributed by atoms with Gasteiger partial charge in [0.05, 0.1) is 12.1 Å². The van der Waals surface area contributed by atoms with E-state index in [4.69, 9.17) is 16.3 Å². The number of methoxy groups -OCH3 is 1. The van der Waals surface area contributed by atoms with Crippen molar-refractivity contribution in [3.05, 3.63) is 65.0 Å². The van der Waals surface area contributed by atoms with Gasteiger partial charge in [-0.2, -0.15) is 0 Å². The van der Waals surface area contributed by atoms with E-state index >= 15 is 0 Å². The third-order valence-corrected chi connectivity index (χ3v) is 6.87. The summed E-state index contributed by atoms with van der Waals surface area (Å²) >= 11 is 6.46. The van der Waals surface area contributed by atoms with Crippen LogP contribution in [0.15, 0.2) is 54.5 Å². The number of nitrogens with one attached hydrogen (secondary N) is 1. The van der Waals surface area contributed by atoms with Crippen LogP contribution in [0, 0.1) is 0 Å². The summed E-state index contributed by atoms with van der Waals surface area (Å²) in [6, 6.07) is 13.5. The van der Waals surface area contributed by atoms with E-state index in [9.17, 15) is 13.2 Å². The first kappa shape index (κ1) is 23.3. The van der Waals surface area contributed by atoms with Gasteiger partial charge in [0.25, 0.3) is 0 Å². The van der Waals surface area contributed by atoms with Crippen LogP contribution in [0.1, 0.15) is 24.8 Å². The summed E-state index contributed by atoms with van der Waals surface area (Å²) in [4.78, 5) is 14.5. The Kier molecular flexibility index (Phi) is 7.75. The van der Waals surface area contributed by atoms with Crippen molar-refractivity contribution in [1.82, 2.24) is 9.62 Å². The summed E-state index contributed by atoms with van der Waals surface area (Å²) in [5.74, 6) is 0.707. The van der Waals surface area contributed by atoms with Crippen molar-refractivity contribution in [2.45, 2.75) is 31.7 Å². The molecule has 31 heavy (non-hydrogen) atoms. The van der Waals surface area contributed by atoms with E-state index in [1.807, 2.05) is 36.4 Å². The van der Waals surface area contributed by atoms with Crippen LogP contribution in [0.4, 0.5) is 0 Å². The van der Waals surface area contributed by atoms with E-state index in [1.54, 1.807) is 18.1 Å². The molecule has 0 aliphatic carbocycles. The molecule has 1 aliphatic heterocycles. The molecule has 6 nitrogen and oxygen atoms in total. The van der Waals surface area contributed by atoms with E-state index in [-0.39, 0.29) is 11.9 Å². The Morgan fingerprint density at radius 3 is 2.55 bits per heavy atom. The molecule has 1 aliphatic rings. The lowest BCUT2D eigenvalue weighted by molar-refractivity contribution is -0.132. The Labute approximate surface area is 188 Å². The highest BCUT2D eigenvalue weighted by Gasteiger charge is 2.25. The molecule has 1 N–H and O–H groups in total. The highest BCUT2D eigenvalue weighted by atomic mass is 35.5. The van der Waals surface area contributed by atoms with Crippen LogP contribution in [0.25, 0.3) is 11.1 Å². The van der Waals surface area contributed by atoms with Crippen LogP contribution >= 0.6 is 11.6 Å². The van der Waals surface area contributed by atoms with Crippen LogP contribution in [0.2, 0.25) is 5.02 Å². The lowest BCUT2D eigenvalue weighted by Crippen LogP contribution is -2.46. The van der Waals surface area contributed by atoms with Gasteiger partial charge in [0.15, 0.2) is 0 Å². The first-order valence-electron chi connectivity index (χ1n) is 10.2. The van der Waals surface area contributed by atoms with Gasteiger partial charge in [0.1, 0.15) is 5.75 Å². The number of hydrogen-bond acceptors (Lipinski definition) is 4. The SMILES string of the molecule is C=CS(=O)(=O)NC1CCN(C(=O)CCc2cc(-c3ccccc3)c(Cl)cc2OC)CC1. The summed E-state index contributed by atoms with van der Waals surface area (Å²) < 4.78 is 31.3. The zero-order valence-corrected chi connectivity index (χ0v) is 19.1. The van der Waals surface area contributed by atoms with Gasteiger partial charge in [0.2, 0.25) is 15.9 Å². The van der Waals surface area contributed by atoms with Gasteiger partial charge >= 0.3 is 0 Å². The predicted molar refractivity (Wildman–Crippen MR) is 124 cm³/mol. The minimum absolute atomic E-state index is 0.0447. The number of ether oxygens (including phenoxy) is 1. The molecule has 166 valence electrons. The van der Waals surface area contributed by atoms with Gasteiger partial charge in [-0.1, -0.05) is 48.5 Å². The second-order valence-corrected chi connectivity index (χ2v) is 9.56. The molecule has 1 heterocycles. The number of likely N-dealkylation sites (tertiary alicyclic amines) is 1. The zero-order chi connectivity index (χ0) is 22.4. The van der Waals surface area contributed by atoms with Gasteiger partial charge in [-0.3, -0.25) is 4.79 Å². The Hall–Kier alpha value is -2.35. The second kappa shape index (κ2) is 10.3. The number of aryl methyl sites for hydroxylation is 1. The molecule has 0 atom stereocenters. The van der Waals surface area contributed by atoms with Crippen LogP contribution in [0.5, 0.6) is 5.75 Å². The van der Waals surface area contributed by atoms with Crippen LogP contribution < -0.4 is 9.46 Å². The molecule has 3 rings (SSSR count). The molecule has 1 saturated heterocycles. The van der Waals surface area contributed by atoms with Crippen molar-refractivity contribution in [2.75, 3.05) is 20.2 Å². The molecule has 1 fully saturated rings. The third-order valence-electron chi connectivity index (χ3n) is 5.46. The van der Waals surface area contributed by atoms with Crippen LogP contribution in [0.3, 0.4) is 0 Å². The Morgan fingerprint density at radius 2 is 1.94 bits per heavy atom. The number of sulfonamides is 1. The topological polar surface area (TPSA) is 75.7 Å². The largest absolute Gasteiger partial charge is 0.496 e. The van der Waals surface area contributed by atoms with E-state index in [0.717, 1.165) is 22.1 Å². The van der Waals surface area contributed by atoms with Crippen molar-refractivity contribution in [1.29, 1.82) is 0 Å². The number of rotatable bonds is 8. The van der Waals surface area contributed by atoms with E-state index in [1.165, 1.54) is 0 Å². The Bertz CT molecular complexity index is 1030. The fraction of sp³-hybridized carbons (Fsp3) is 0.348. The van der Waals surface area contributed by atoms with Gasteiger partial charge in [-0.05, 0) is 42.5 Å². The van der Waals surface area contributed by atoms with Gasteiger partial charge < -0.3 is 9.64 Å². The molecule has 0 spiro atoms. The molecule has 0 saturated carbocycles.